The number of carbonyl (C=O) groups is 2. The molecule has 1 saturated heterocycles. The minimum atomic E-state index is -1.41. The lowest BCUT2D eigenvalue weighted by Crippen LogP contribution is -2.57. The summed E-state index contributed by atoms with van der Waals surface area (Å²) in [5, 5.41) is 40.0. The van der Waals surface area contributed by atoms with E-state index < -0.39 is 42.4 Å². The molecule has 0 radical (unpaired) electrons. The van der Waals surface area contributed by atoms with Gasteiger partial charge in [0.25, 0.3) is 0 Å². The van der Waals surface area contributed by atoms with Gasteiger partial charge in [0.05, 0.1) is 29.3 Å². The molecule has 1 fully saturated rings. The number of fused-ring (bicyclic) bond motifs is 8. The quantitative estimate of drug-likeness (QED) is 0.0985. The van der Waals surface area contributed by atoms with Crippen molar-refractivity contribution in [2.75, 3.05) is 18.1 Å². The van der Waals surface area contributed by atoms with Gasteiger partial charge in [0.2, 0.25) is 0 Å². The van der Waals surface area contributed by atoms with Crippen molar-refractivity contribution in [3.05, 3.63) is 75.4 Å². The van der Waals surface area contributed by atoms with Gasteiger partial charge in [-0.05, 0) is 86.2 Å². The number of H-pyrrole nitrogens is 2. The molecule has 4 aliphatic heterocycles. The molecule has 3 aromatic rings. The molecule has 7 heterocycles. The molecule has 7 rings (SSSR count). The molecule has 7 atom stereocenters. The van der Waals surface area contributed by atoms with Crippen molar-refractivity contribution in [1.82, 2.24) is 19.9 Å². The molecule has 0 spiro atoms. The fourth-order valence-electron chi connectivity index (χ4n) is 8.26. The van der Waals surface area contributed by atoms with Gasteiger partial charge in [-0.2, -0.15) is 0 Å². The van der Waals surface area contributed by atoms with Crippen molar-refractivity contribution >= 4 is 73.9 Å². The van der Waals surface area contributed by atoms with Gasteiger partial charge in [0.1, 0.15) is 36.5 Å². The number of ether oxygens (including phenoxy) is 2. The van der Waals surface area contributed by atoms with Crippen LogP contribution >= 0.6 is 23.5 Å². The largest absolute Gasteiger partial charge is 0.457 e. The maximum Gasteiger partial charge on any atom is 0.341 e. The zero-order valence-electron chi connectivity index (χ0n) is 32.3. The summed E-state index contributed by atoms with van der Waals surface area (Å²) < 4.78 is 11.4. The fraction of sp³-hybridized carbons (Fsp3) is 0.476. The number of aromatic nitrogens is 4. The third-order valence-corrected chi connectivity index (χ3v) is 13.9. The molecular formula is C42H50N4O8S2. The van der Waals surface area contributed by atoms with Crippen LogP contribution in [0.3, 0.4) is 0 Å². The van der Waals surface area contributed by atoms with Crippen molar-refractivity contribution in [3.8, 4) is 0 Å². The van der Waals surface area contributed by atoms with Crippen molar-refractivity contribution in [1.29, 1.82) is 0 Å². The van der Waals surface area contributed by atoms with Gasteiger partial charge in [0.15, 0.2) is 5.12 Å². The van der Waals surface area contributed by atoms with Crippen LogP contribution in [0.25, 0.3) is 39.3 Å². The Morgan fingerprint density at radius 3 is 2.48 bits per heavy atom. The zero-order valence-corrected chi connectivity index (χ0v) is 34.0. The molecule has 12 nitrogen and oxygen atoms in total. The summed E-state index contributed by atoms with van der Waals surface area (Å²) in [6, 6.07) is 6.23. The van der Waals surface area contributed by atoms with Crippen LogP contribution in [0.15, 0.2) is 24.8 Å². The minimum Gasteiger partial charge on any atom is -0.457 e. The smallest absolute Gasteiger partial charge is 0.341 e. The van der Waals surface area contributed by atoms with Crippen molar-refractivity contribution in [2.45, 2.75) is 109 Å². The van der Waals surface area contributed by atoms with Gasteiger partial charge < -0.3 is 39.9 Å². The van der Waals surface area contributed by atoms with E-state index in [2.05, 4.69) is 56.4 Å². The van der Waals surface area contributed by atoms with Gasteiger partial charge in [0, 0.05) is 62.9 Å². The van der Waals surface area contributed by atoms with Gasteiger partial charge >= 0.3 is 5.97 Å². The summed E-state index contributed by atoms with van der Waals surface area (Å²) in [5.41, 5.74) is 12.3. The first kappa shape index (κ1) is 40.4. The lowest BCUT2D eigenvalue weighted by Gasteiger charge is -2.39. The Morgan fingerprint density at radius 2 is 1.75 bits per heavy atom. The molecular weight excluding hydrogens is 753 g/mol. The van der Waals surface area contributed by atoms with E-state index in [1.165, 1.54) is 29.1 Å². The monoisotopic (exact) mass is 802 g/mol. The molecule has 4 aliphatic rings. The molecule has 14 heteroatoms. The van der Waals surface area contributed by atoms with Crippen LogP contribution in [0.1, 0.15) is 102 Å². The first-order valence-electron chi connectivity index (χ1n) is 19.2. The molecule has 0 aliphatic carbocycles. The summed E-state index contributed by atoms with van der Waals surface area (Å²) in [5.74, 6) is 0.521. The van der Waals surface area contributed by atoms with E-state index in [4.69, 9.17) is 19.4 Å². The lowest BCUT2D eigenvalue weighted by molar-refractivity contribution is -0.205. The average molecular weight is 803 g/mol. The molecule has 3 aromatic heterocycles. The summed E-state index contributed by atoms with van der Waals surface area (Å²) in [7, 11) is 0. The normalized spacial score (nSPS) is 24.7. The number of thioether (sulfide) groups is 2. The highest BCUT2D eigenvalue weighted by Crippen LogP contribution is 2.45. The van der Waals surface area contributed by atoms with E-state index in [1.54, 1.807) is 0 Å². The van der Waals surface area contributed by atoms with E-state index in [-0.39, 0.29) is 23.6 Å². The standard InChI is InChI=1S/C42H50N4O8S2/c1-7-23-19(3)27-14-29-21(5)25(10-11-34(48)55-12-9-13-56-42-40(51)39(50)38(49)33(17-47)54-42)36(45-29)26-18-53-41(52)35-22(6)30(46-37(26)35)16-32-24(8-2)20(4)28(44-32)15-31(23)43-27/h7,14-16,21,25,33,38-40,42-44,47,49-51H,1,8-13,17-18H2,2-6H3/t21-,25-,33+,38+,39-,40+,42-/m0/s1. The maximum atomic E-state index is 13.3. The van der Waals surface area contributed by atoms with Crippen LogP contribution in [0.2, 0.25) is 0 Å². The predicted molar refractivity (Wildman–Crippen MR) is 221 cm³/mol. The number of aromatic amines is 2. The molecule has 0 amide bonds. The first-order valence-corrected chi connectivity index (χ1v) is 21.2. The zero-order chi connectivity index (χ0) is 40.0. The van der Waals surface area contributed by atoms with Gasteiger partial charge in [-0.1, -0.05) is 38.3 Å². The number of aliphatic hydroxyl groups excluding tert-OH is 4. The molecule has 56 heavy (non-hydrogen) atoms. The summed E-state index contributed by atoms with van der Waals surface area (Å²) >= 11 is 2.54. The average Bonchev–Trinajstić information content (AvgIpc) is 3.87. The topological polar surface area (TPSA) is 191 Å². The number of aryl methyl sites for hydroxylation is 3. The predicted octanol–water partition coefficient (Wildman–Crippen LogP) is 5.98. The Bertz CT molecular complexity index is 2260. The Kier molecular flexibility index (Phi) is 12.0. The summed E-state index contributed by atoms with van der Waals surface area (Å²) in [4.78, 5) is 44.2. The number of carbonyl (C=O) groups excluding carboxylic acids is 2. The number of allylic oxidation sites excluding steroid dienone is 1. The van der Waals surface area contributed by atoms with Crippen LogP contribution in [0.4, 0.5) is 0 Å². The Morgan fingerprint density at radius 1 is 1.00 bits per heavy atom. The molecule has 0 unspecified atom stereocenters. The molecule has 298 valence electrons. The lowest BCUT2D eigenvalue weighted by atomic mass is 9.85. The van der Waals surface area contributed by atoms with E-state index in [0.717, 1.165) is 67.7 Å². The second-order valence-corrected chi connectivity index (χ2v) is 17.3. The van der Waals surface area contributed by atoms with Gasteiger partial charge in [-0.15, -0.1) is 11.8 Å². The van der Waals surface area contributed by atoms with Crippen molar-refractivity contribution < 1.29 is 39.5 Å². The number of hydrogen-bond acceptors (Lipinski definition) is 12. The molecule has 0 saturated carbocycles. The molecule has 0 aromatic carbocycles. The SMILES string of the molecule is C=Cc1c(C)c2cc3nc(c4c5nc(cc6[nH]c(cc1[nH]2)c(C)c6CC)C(C)=C5C(=O)OC4)[C@@H](CCC(=O)SCCCS[C@@H]1O[C@H](CO)[C@@H](O)[C@H](O)[C@H]1O)[C@@H]3C. The van der Waals surface area contributed by atoms with Crippen LogP contribution in [-0.4, -0.2) is 99.4 Å². The van der Waals surface area contributed by atoms with Gasteiger partial charge in [-0.3, -0.25) is 9.78 Å². The Balaban J connectivity index is 1.19. The van der Waals surface area contributed by atoms with Crippen molar-refractivity contribution in [3.63, 3.8) is 0 Å². The highest BCUT2D eigenvalue weighted by molar-refractivity contribution is 8.13. The van der Waals surface area contributed by atoms with E-state index in [1.807, 2.05) is 19.1 Å². The maximum absolute atomic E-state index is 13.3. The summed E-state index contributed by atoms with van der Waals surface area (Å²) in [6.45, 7) is 14.0. The fourth-order valence-corrected chi connectivity index (χ4v) is 10.3. The highest BCUT2D eigenvalue weighted by Gasteiger charge is 2.43. The summed E-state index contributed by atoms with van der Waals surface area (Å²) in [6.07, 6.45) is -0.858. The Labute approximate surface area is 334 Å². The molecule has 6 N–H and O–H groups in total. The van der Waals surface area contributed by atoms with E-state index in [0.29, 0.717) is 47.7 Å². The third-order valence-electron chi connectivity index (χ3n) is 11.6. The first-order chi connectivity index (χ1) is 26.9. The van der Waals surface area contributed by atoms with Crippen LogP contribution < -0.4 is 0 Å². The Hall–Kier alpha value is -3.76. The van der Waals surface area contributed by atoms with Crippen LogP contribution in [0.5, 0.6) is 0 Å². The third kappa shape index (κ3) is 7.41. The van der Waals surface area contributed by atoms with Crippen molar-refractivity contribution in [2.24, 2.45) is 0 Å². The number of nitrogens with zero attached hydrogens (tertiary/aromatic N) is 2. The van der Waals surface area contributed by atoms with Crippen LogP contribution in [0, 0.1) is 13.8 Å². The number of cyclic esters (lactones) is 1. The van der Waals surface area contributed by atoms with E-state index in [9.17, 15) is 30.0 Å². The number of nitrogens with one attached hydrogen (secondary N) is 2. The second-order valence-electron chi connectivity index (χ2n) is 14.9. The van der Waals surface area contributed by atoms with Crippen LogP contribution in [-0.2, 0) is 32.1 Å². The number of aliphatic hydroxyl groups is 4. The minimum absolute atomic E-state index is 0.0408. The molecule has 8 bridgehead atoms. The van der Waals surface area contributed by atoms with Gasteiger partial charge in [-0.25, -0.2) is 9.78 Å². The number of hydrogen-bond donors (Lipinski definition) is 6. The number of rotatable bonds is 11. The second kappa shape index (κ2) is 16.6. The van der Waals surface area contributed by atoms with E-state index >= 15 is 0 Å². The number of esters is 1. The highest BCUT2D eigenvalue weighted by atomic mass is 32.2.